The molecule has 0 aromatic carbocycles. The predicted molar refractivity (Wildman–Crippen MR) is 61.5 cm³/mol. The molecule has 1 aliphatic heterocycles. The number of aromatic nitrogens is 1. The van der Waals surface area contributed by atoms with Gasteiger partial charge in [0.25, 0.3) is 5.91 Å². The first-order valence-corrected chi connectivity index (χ1v) is 5.44. The van der Waals surface area contributed by atoms with Crippen molar-refractivity contribution < 1.29 is 14.3 Å². The van der Waals surface area contributed by atoms with Crippen LogP contribution in [0.1, 0.15) is 10.4 Å². The summed E-state index contributed by atoms with van der Waals surface area (Å²) in [4.78, 5) is 15.6. The van der Waals surface area contributed by atoms with Crippen molar-refractivity contribution in [3.63, 3.8) is 0 Å². The van der Waals surface area contributed by atoms with Crippen LogP contribution in [0.5, 0.6) is 0 Å². The Morgan fingerprint density at radius 2 is 2.47 bits per heavy atom. The molecule has 1 saturated heterocycles. The van der Waals surface area contributed by atoms with Gasteiger partial charge in [-0.05, 0) is 6.07 Å². The number of nitrogens with one attached hydrogen (secondary N) is 1. The Hall–Kier alpha value is -1.66. The first-order valence-electron chi connectivity index (χ1n) is 5.44. The second kappa shape index (κ2) is 5.60. The molecule has 1 aliphatic rings. The largest absolute Gasteiger partial charge is 0.398 e. The van der Waals surface area contributed by atoms with Gasteiger partial charge in [-0.1, -0.05) is 0 Å². The molecular weight excluding hydrogens is 222 g/mol. The highest BCUT2D eigenvalue weighted by atomic mass is 16.6. The van der Waals surface area contributed by atoms with E-state index in [1.807, 2.05) is 0 Å². The lowest BCUT2D eigenvalue weighted by Gasteiger charge is -2.23. The van der Waals surface area contributed by atoms with E-state index in [1.54, 1.807) is 12.3 Å². The maximum absolute atomic E-state index is 11.8. The minimum absolute atomic E-state index is 0.0920. The van der Waals surface area contributed by atoms with Gasteiger partial charge >= 0.3 is 0 Å². The molecular formula is C11H15N3O3. The zero-order valence-corrected chi connectivity index (χ0v) is 9.39. The lowest BCUT2D eigenvalue weighted by molar-refractivity contribution is -0.0855. The fourth-order valence-corrected chi connectivity index (χ4v) is 1.55. The number of carbonyl (C=O) groups is 1. The Morgan fingerprint density at radius 3 is 3.18 bits per heavy atom. The Kier molecular flexibility index (Phi) is 3.89. The van der Waals surface area contributed by atoms with E-state index in [0.717, 1.165) is 0 Å². The third-order valence-electron chi connectivity index (χ3n) is 2.47. The fourth-order valence-electron chi connectivity index (χ4n) is 1.55. The summed E-state index contributed by atoms with van der Waals surface area (Å²) < 4.78 is 10.6. The van der Waals surface area contributed by atoms with Crippen LogP contribution in [0, 0.1) is 0 Å². The van der Waals surface area contributed by atoms with E-state index in [0.29, 0.717) is 37.6 Å². The normalized spacial score (nSPS) is 19.9. The molecule has 2 rings (SSSR count). The molecule has 1 amide bonds. The Balaban J connectivity index is 1.87. The summed E-state index contributed by atoms with van der Waals surface area (Å²) in [7, 11) is 0. The SMILES string of the molecule is Nc1ccncc1C(=O)NCC1COCCO1. The molecule has 2 heterocycles. The number of nitrogens with zero attached hydrogens (tertiary/aromatic N) is 1. The molecule has 6 heteroatoms. The standard InChI is InChI=1S/C11H15N3O3/c12-10-1-2-13-6-9(10)11(15)14-5-8-7-16-3-4-17-8/h1-2,6,8H,3-5,7H2,(H2,12,13)(H,14,15). The highest BCUT2D eigenvalue weighted by Crippen LogP contribution is 2.08. The molecule has 0 radical (unpaired) electrons. The molecule has 1 atom stereocenters. The molecule has 17 heavy (non-hydrogen) atoms. The quantitative estimate of drug-likeness (QED) is 0.761. The van der Waals surface area contributed by atoms with Crippen molar-refractivity contribution in [3.05, 3.63) is 24.0 Å². The molecule has 1 aromatic heterocycles. The number of anilines is 1. The molecule has 0 spiro atoms. The zero-order chi connectivity index (χ0) is 12.1. The van der Waals surface area contributed by atoms with Crippen LogP contribution < -0.4 is 11.1 Å². The van der Waals surface area contributed by atoms with E-state index in [4.69, 9.17) is 15.2 Å². The van der Waals surface area contributed by atoms with E-state index in [1.165, 1.54) is 6.20 Å². The van der Waals surface area contributed by atoms with Crippen molar-refractivity contribution in [1.29, 1.82) is 0 Å². The number of hydrogen-bond acceptors (Lipinski definition) is 5. The Bertz CT molecular complexity index is 391. The molecule has 0 aliphatic carbocycles. The van der Waals surface area contributed by atoms with Crippen LogP contribution in [0.2, 0.25) is 0 Å². The monoisotopic (exact) mass is 237 g/mol. The van der Waals surface area contributed by atoms with E-state index in [9.17, 15) is 4.79 Å². The topological polar surface area (TPSA) is 86.5 Å². The second-order valence-corrected chi connectivity index (χ2v) is 3.74. The van der Waals surface area contributed by atoms with Crippen LogP contribution in [0.4, 0.5) is 5.69 Å². The third kappa shape index (κ3) is 3.15. The molecule has 3 N–H and O–H groups in total. The minimum Gasteiger partial charge on any atom is -0.398 e. The van der Waals surface area contributed by atoms with Crippen LogP contribution in [0.15, 0.2) is 18.5 Å². The maximum atomic E-state index is 11.8. The highest BCUT2D eigenvalue weighted by Gasteiger charge is 2.16. The van der Waals surface area contributed by atoms with Gasteiger partial charge in [-0.25, -0.2) is 0 Å². The van der Waals surface area contributed by atoms with Gasteiger partial charge in [0.05, 0.1) is 31.5 Å². The Labute approximate surface area is 99.1 Å². The number of ether oxygens (including phenoxy) is 2. The molecule has 6 nitrogen and oxygen atoms in total. The van der Waals surface area contributed by atoms with Gasteiger partial charge in [0.2, 0.25) is 0 Å². The lowest BCUT2D eigenvalue weighted by atomic mass is 10.2. The van der Waals surface area contributed by atoms with E-state index >= 15 is 0 Å². The Morgan fingerprint density at radius 1 is 1.59 bits per heavy atom. The molecule has 0 bridgehead atoms. The summed E-state index contributed by atoms with van der Waals surface area (Å²) in [5.41, 5.74) is 6.47. The summed E-state index contributed by atoms with van der Waals surface area (Å²) in [5.74, 6) is -0.246. The fraction of sp³-hybridized carbons (Fsp3) is 0.455. The maximum Gasteiger partial charge on any atom is 0.255 e. The number of amides is 1. The van der Waals surface area contributed by atoms with Crippen LogP contribution in [0.25, 0.3) is 0 Å². The summed E-state index contributed by atoms with van der Waals surface area (Å²) in [6.07, 6.45) is 2.90. The number of carbonyl (C=O) groups excluding carboxylic acids is 1. The average molecular weight is 237 g/mol. The van der Waals surface area contributed by atoms with Crippen LogP contribution in [0.3, 0.4) is 0 Å². The summed E-state index contributed by atoms with van der Waals surface area (Å²) in [6.45, 7) is 2.09. The lowest BCUT2D eigenvalue weighted by Crippen LogP contribution is -2.39. The van der Waals surface area contributed by atoms with Crippen LogP contribution in [-0.4, -0.2) is 43.4 Å². The van der Waals surface area contributed by atoms with Crippen molar-refractivity contribution in [1.82, 2.24) is 10.3 Å². The van der Waals surface area contributed by atoms with Crippen molar-refractivity contribution in [3.8, 4) is 0 Å². The number of nitrogen functional groups attached to an aromatic ring is 1. The van der Waals surface area contributed by atoms with Gasteiger partial charge in [-0.15, -0.1) is 0 Å². The van der Waals surface area contributed by atoms with Gasteiger partial charge in [-0.3, -0.25) is 9.78 Å². The third-order valence-corrected chi connectivity index (χ3v) is 2.47. The van der Waals surface area contributed by atoms with Crippen molar-refractivity contribution >= 4 is 11.6 Å². The van der Waals surface area contributed by atoms with Gasteiger partial charge in [0.1, 0.15) is 0 Å². The average Bonchev–Trinajstić information content (AvgIpc) is 2.38. The molecule has 1 unspecified atom stereocenters. The second-order valence-electron chi connectivity index (χ2n) is 3.74. The minimum atomic E-state index is -0.246. The number of hydrogen-bond donors (Lipinski definition) is 2. The van der Waals surface area contributed by atoms with E-state index in [-0.39, 0.29) is 12.0 Å². The van der Waals surface area contributed by atoms with E-state index in [2.05, 4.69) is 10.3 Å². The van der Waals surface area contributed by atoms with Crippen molar-refractivity contribution in [2.75, 3.05) is 32.1 Å². The van der Waals surface area contributed by atoms with Crippen LogP contribution >= 0.6 is 0 Å². The van der Waals surface area contributed by atoms with E-state index < -0.39 is 0 Å². The van der Waals surface area contributed by atoms with Gasteiger partial charge in [0, 0.05) is 24.6 Å². The number of pyridine rings is 1. The number of nitrogens with two attached hydrogens (primary N) is 1. The first-order chi connectivity index (χ1) is 8.27. The number of rotatable bonds is 3. The van der Waals surface area contributed by atoms with Gasteiger partial charge in [-0.2, -0.15) is 0 Å². The van der Waals surface area contributed by atoms with Crippen molar-refractivity contribution in [2.45, 2.75) is 6.10 Å². The predicted octanol–water partition coefficient (Wildman–Crippen LogP) is -0.191. The van der Waals surface area contributed by atoms with Gasteiger partial charge in [0.15, 0.2) is 0 Å². The summed E-state index contributed by atoms with van der Waals surface area (Å²) >= 11 is 0. The summed E-state index contributed by atoms with van der Waals surface area (Å²) in [5, 5.41) is 2.75. The highest BCUT2D eigenvalue weighted by molar-refractivity contribution is 5.98. The molecule has 1 fully saturated rings. The summed E-state index contributed by atoms with van der Waals surface area (Å²) in [6, 6.07) is 1.59. The zero-order valence-electron chi connectivity index (χ0n) is 9.39. The smallest absolute Gasteiger partial charge is 0.255 e. The van der Waals surface area contributed by atoms with Crippen molar-refractivity contribution in [2.24, 2.45) is 0 Å². The molecule has 0 saturated carbocycles. The van der Waals surface area contributed by atoms with Gasteiger partial charge < -0.3 is 20.5 Å². The molecule has 1 aromatic rings. The van der Waals surface area contributed by atoms with Crippen LogP contribution in [-0.2, 0) is 9.47 Å². The molecule has 92 valence electrons. The first kappa shape index (κ1) is 11.8.